The molecular weight excluding hydrogens is 300 g/mol. The molecule has 1 saturated heterocycles. The SMILES string of the molecule is CNc1ccccc1S(=O)(=O)NCC1CCCS1(=O)=O. The summed E-state index contributed by atoms with van der Waals surface area (Å²) in [7, 11) is -5.23. The van der Waals surface area contributed by atoms with Gasteiger partial charge >= 0.3 is 0 Å². The zero-order valence-corrected chi connectivity index (χ0v) is 12.8. The minimum absolute atomic E-state index is 0.0668. The van der Waals surface area contributed by atoms with Crippen molar-refractivity contribution in [1.82, 2.24) is 4.72 Å². The average molecular weight is 318 g/mol. The van der Waals surface area contributed by atoms with Gasteiger partial charge in [0.1, 0.15) is 4.90 Å². The van der Waals surface area contributed by atoms with E-state index >= 15 is 0 Å². The van der Waals surface area contributed by atoms with Crippen molar-refractivity contribution in [3.8, 4) is 0 Å². The molecule has 0 saturated carbocycles. The fraction of sp³-hybridized carbons (Fsp3) is 0.500. The quantitative estimate of drug-likeness (QED) is 0.828. The molecule has 0 spiro atoms. The van der Waals surface area contributed by atoms with Crippen molar-refractivity contribution >= 4 is 25.5 Å². The molecule has 1 aromatic rings. The molecule has 0 aliphatic carbocycles. The monoisotopic (exact) mass is 318 g/mol. The molecule has 8 heteroatoms. The fourth-order valence-corrected chi connectivity index (χ4v) is 5.44. The summed E-state index contributed by atoms with van der Waals surface area (Å²) >= 11 is 0. The lowest BCUT2D eigenvalue weighted by molar-refractivity contribution is 0.571. The van der Waals surface area contributed by atoms with E-state index in [1.54, 1.807) is 25.2 Å². The van der Waals surface area contributed by atoms with Crippen LogP contribution in [0.4, 0.5) is 5.69 Å². The number of anilines is 1. The summed E-state index contributed by atoms with van der Waals surface area (Å²) in [6, 6.07) is 6.49. The molecule has 0 radical (unpaired) electrons. The maximum atomic E-state index is 12.2. The van der Waals surface area contributed by atoms with Crippen LogP contribution in [-0.2, 0) is 19.9 Å². The van der Waals surface area contributed by atoms with Crippen molar-refractivity contribution in [2.24, 2.45) is 0 Å². The van der Waals surface area contributed by atoms with Crippen LogP contribution in [0.2, 0.25) is 0 Å². The second kappa shape index (κ2) is 5.71. The lowest BCUT2D eigenvalue weighted by atomic mass is 10.2. The molecule has 1 atom stereocenters. The second-order valence-electron chi connectivity index (χ2n) is 4.73. The van der Waals surface area contributed by atoms with E-state index in [4.69, 9.17) is 0 Å². The van der Waals surface area contributed by atoms with E-state index in [9.17, 15) is 16.8 Å². The van der Waals surface area contributed by atoms with Gasteiger partial charge in [0.15, 0.2) is 9.84 Å². The maximum absolute atomic E-state index is 12.2. The molecule has 2 rings (SSSR count). The van der Waals surface area contributed by atoms with Gasteiger partial charge in [-0.1, -0.05) is 12.1 Å². The first-order valence-electron chi connectivity index (χ1n) is 6.35. The molecule has 0 amide bonds. The van der Waals surface area contributed by atoms with Crippen LogP contribution in [0.5, 0.6) is 0 Å². The molecule has 0 aromatic heterocycles. The topological polar surface area (TPSA) is 92.3 Å². The number of sulfone groups is 1. The predicted octanol–water partition coefficient (Wildman–Crippen LogP) is 0.584. The maximum Gasteiger partial charge on any atom is 0.242 e. The minimum Gasteiger partial charge on any atom is -0.387 e. The van der Waals surface area contributed by atoms with Gasteiger partial charge in [0.25, 0.3) is 0 Å². The molecule has 112 valence electrons. The van der Waals surface area contributed by atoms with E-state index in [0.717, 1.165) is 0 Å². The van der Waals surface area contributed by atoms with Crippen LogP contribution in [0, 0.1) is 0 Å². The van der Waals surface area contributed by atoms with Gasteiger partial charge in [-0.05, 0) is 25.0 Å². The lowest BCUT2D eigenvalue weighted by Crippen LogP contribution is -2.34. The molecule has 1 fully saturated rings. The summed E-state index contributed by atoms with van der Waals surface area (Å²) in [5.41, 5.74) is 0.481. The highest BCUT2D eigenvalue weighted by molar-refractivity contribution is 7.92. The first kappa shape index (κ1) is 15.3. The van der Waals surface area contributed by atoms with E-state index in [-0.39, 0.29) is 17.2 Å². The Hall–Kier alpha value is -1.12. The molecule has 1 aliphatic rings. The number of nitrogens with one attached hydrogen (secondary N) is 2. The molecule has 20 heavy (non-hydrogen) atoms. The zero-order chi connectivity index (χ0) is 14.8. The minimum atomic E-state index is -3.72. The van der Waals surface area contributed by atoms with Gasteiger partial charge in [0, 0.05) is 13.6 Å². The van der Waals surface area contributed by atoms with Crippen LogP contribution in [0.3, 0.4) is 0 Å². The van der Waals surface area contributed by atoms with Crippen molar-refractivity contribution in [3.05, 3.63) is 24.3 Å². The van der Waals surface area contributed by atoms with Gasteiger partial charge in [-0.2, -0.15) is 0 Å². The number of hydrogen-bond acceptors (Lipinski definition) is 5. The number of hydrogen-bond donors (Lipinski definition) is 2. The molecule has 1 heterocycles. The highest BCUT2D eigenvalue weighted by Crippen LogP contribution is 2.22. The van der Waals surface area contributed by atoms with Crippen LogP contribution in [0.15, 0.2) is 29.2 Å². The normalized spacial score (nSPS) is 21.8. The Balaban J connectivity index is 2.16. The van der Waals surface area contributed by atoms with Crippen LogP contribution in [0.1, 0.15) is 12.8 Å². The first-order valence-corrected chi connectivity index (χ1v) is 9.55. The van der Waals surface area contributed by atoms with Crippen molar-refractivity contribution in [3.63, 3.8) is 0 Å². The molecule has 6 nitrogen and oxygen atoms in total. The van der Waals surface area contributed by atoms with Crippen LogP contribution in [-0.4, -0.2) is 41.4 Å². The number of rotatable bonds is 5. The van der Waals surface area contributed by atoms with E-state index in [1.165, 1.54) is 6.07 Å². The molecule has 2 N–H and O–H groups in total. The summed E-state index contributed by atoms with van der Waals surface area (Å²) in [5, 5.41) is 2.20. The lowest BCUT2D eigenvalue weighted by Gasteiger charge is -2.13. The van der Waals surface area contributed by atoms with Crippen molar-refractivity contribution in [2.45, 2.75) is 23.0 Å². The Morgan fingerprint density at radius 2 is 2.00 bits per heavy atom. The van der Waals surface area contributed by atoms with Gasteiger partial charge in [-0.25, -0.2) is 21.6 Å². The van der Waals surface area contributed by atoms with E-state index in [1.807, 2.05) is 0 Å². The number of benzene rings is 1. The highest BCUT2D eigenvalue weighted by Gasteiger charge is 2.32. The van der Waals surface area contributed by atoms with Crippen molar-refractivity contribution < 1.29 is 16.8 Å². The standard InChI is InChI=1S/C12H18N2O4S2/c1-13-11-6-2-3-7-12(11)20(17,18)14-9-10-5-4-8-19(10,15)16/h2-3,6-7,10,13-14H,4-5,8-9H2,1H3. The Bertz CT molecular complexity index is 683. The Morgan fingerprint density at radius 3 is 2.60 bits per heavy atom. The van der Waals surface area contributed by atoms with E-state index in [0.29, 0.717) is 18.5 Å². The Kier molecular flexibility index (Phi) is 4.36. The average Bonchev–Trinajstić information content (AvgIpc) is 2.75. The third-order valence-corrected chi connectivity index (χ3v) is 7.17. The van der Waals surface area contributed by atoms with Crippen molar-refractivity contribution in [1.29, 1.82) is 0 Å². The van der Waals surface area contributed by atoms with Crippen LogP contribution >= 0.6 is 0 Å². The Labute approximate surface area is 119 Å². The number of sulfonamides is 1. The molecular formula is C12H18N2O4S2. The smallest absolute Gasteiger partial charge is 0.242 e. The third-order valence-electron chi connectivity index (χ3n) is 3.41. The molecule has 1 aliphatic heterocycles. The number of para-hydroxylation sites is 1. The Morgan fingerprint density at radius 1 is 1.30 bits per heavy atom. The van der Waals surface area contributed by atoms with Gasteiger partial charge < -0.3 is 5.32 Å². The third kappa shape index (κ3) is 3.13. The van der Waals surface area contributed by atoms with Crippen molar-refractivity contribution in [2.75, 3.05) is 24.7 Å². The largest absolute Gasteiger partial charge is 0.387 e. The summed E-state index contributed by atoms with van der Waals surface area (Å²) in [6.45, 7) is -0.0668. The van der Waals surface area contributed by atoms with Gasteiger partial charge in [0.2, 0.25) is 10.0 Å². The molecule has 0 bridgehead atoms. The molecule has 1 aromatic carbocycles. The highest BCUT2D eigenvalue weighted by atomic mass is 32.2. The van der Waals surface area contributed by atoms with Crippen LogP contribution < -0.4 is 10.0 Å². The predicted molar refractivity (Wildman–Crippen MR) is 78.0 cm³/mol. The summed E-state index contributed by atoms with van der Waals surface area (Å²) < 4.78 is 50.3. The van der Waals surface area contributed by atoms with Crippen LogP contribution in [0.25, 0.3) is 0 Å². The molecule has 1 unspecified atom stereocenters. The zero-order valence-electron chi connectivity index (χ0n) is 11.2. The first-order chi connectivity index (χ1) is 9.37. The van der Waals surface area contributed by atoms with Gasteiger partial charge in [0.05, 0.1) is 16.7 Å². The van der Waals surface area contributed by atoms with E-state index < -0.39 is 25.1 Å². The van der Waals surface area contributed by atoms with Gasteiger partial charge in [-0.15, -0.1) is 0 Å². The summed E-state index contributed by atoms with van der Waals surface area (Å²) in [6.07, 6.45) is 1.11. The van der Waals surface area contributed by atoms with Gasteiger partial charge in [-0.3, -0.25) is 0 Å². The fourth-order valence-electron chi connectivity index (χ4n) is 2.28. The van der Waals surface area contributed by atoms with E-state index in [2.05, 4.69) is 10.0 Å². The second-order valence-corrected chi connectivity index (χ2v) is 8.87. The summed E-state index contributed by atoms with van der Waals surface area (Å²) in [4.78, 5) is 0.123. The summed E-state index contributed by atoms with van der Waals surface area (Å²) in [5.74, 6) is 0.145.